The van der Waals surface area contributed by atoms with Crippen molar-refractivity contribution in [3.63, 3.8) is 0 Å². The van der Waals surface area contributed by atoms with Gasteiger partial charge < -0.3 is 0 Å². The average Bonchev–Trinajstić information content (AvgIpc) is 4.02. The fourth-order valence-corrected chi connectivity index (χ4v) is 9.39. The second kappa shape index (κ2) is 39.6. The fraction of sp³-hybridized carbons (Fsp3) is 0.532. The molecule has 3 aliphatic rings. The lowest BCUT2D eigenvalue weighted by molar-refractivity contribution is 0.279. The molecule has 6 aromatic rings. The van der Waals surface area contributed by atoms with Crippen molar-refractivity contribution in [2.24, 2.45) is 34.9 Å². The molecule has 9 rings (SSSR count). The number of hydrogen-bond donors (Lipinski definition) is 0. The third kappa shape index (κ3) is 35.5. The van der Waals surface area contributed by atoms with E-state index >= 15 is 0 Å². The monoisotopic (exact) mass is 1050 g/mol. The molecule has 0 heterocycles. The zero-order valence-electron chi connectivity index (χ0n) is 59.3. The summed E-state index contributed by atoms with van der Waals surface area (Å²) in [6.45, 7) is 39.9. The van der Waals surface area contributed by atoms with Crippen LogP contribution in [0.5, 0.6) is 0 Å². The van der Waals surface area contributed by atoms with Crippen LogP contribution in [-0.2, 0) is 0 Å². The van der Waals surface area contributed by atoms with Gasteiger partial charge in [0.05, 0.1) is 0 Å². The van der Waals surface area contributed by atoms with Gasteiger partial charge in [0, 0.05) is 8.22 Å². The van der Waals surface area contributed by atoms with Gasteiger partial charge in [-0.05, 0) is 162 Å². The first kappa shape index (κ1) is 60.0. The quantitative estimate of drug-likeness (QED) is 0.166. The van der Waals surface area contributed by atoms with E-state index < -0.39 is 6.85 Å². The van der Waals surface area contributed by atoms with Gasteiger partial charge in [-0.15, -0.1) is 0 Å². The Kier molecular flexibility index (Phi) is 30.9. The molecule has 0 saturated heterocycles. The Balaban J connectivity index is 0.000000472. The maximum absolute atomic E-state index is 7.83. The van der Waals surface area contributed by atoms with Gasteiger partial charge >= 0.3 is 0 Å². The molecule has 0 aromatic heterocycles. The lowest BCUT2D eigenvalue weighted by atomic mass is 9.82. The first-order valence-electron chi connectivity index (χ1n) is 32.7. The van der Waals surface area contributed by atoms with E-state index in [-0.39, 0.29) is 17.7 Å². The minimum Gasteiger partial charge on any atom is -0.0625 e. The molecule has 0 radical (unpaired) electrons. The van der Waals surface area contributed by atoms with Gasteiger partial charge in [-0.1, -0.05) is 319 Å². The van der Waals surface area contributed by atoms with Gasteiger partial charge in [-0.25, -0.2) is 0 Å². The standard InChI is InChI=1S/C13H12.C10H14.2C9H12.C9H18.C8H16.C7H14.C7H8.C5H12/c1-11-7-9-13(10-8-11)12-5-3-2-4-6-12;1-7-5-8(2)10(4)9(3)6-7;1-7-4-8(2)6-9(3)5-7;1-7-5-4-6-8(2)9(7)3;1-8(2)9-6-4-3-5-7-9;1-7(2)8-5-3-4-6-8;2*1-7-5-3-2-4-6-7;1-5(2,3)4/h2-10H,1H3;5-6H,1-4H3;2*4-6H,1-3H3;8-9H,3-7H2,1-2H3;7-8H,3-6H2,1-2H3;7H,2-6H2,1H3;2-6H,1H3;1-4H3/i;1D3;;;8D;2*7D;;. The first-order chi connectivity index (χ1) is 38.4. The van der Waals surface area contributed by atoms with Crippen molar-refractivity contribution in [2.45, 2.75) is 235 Å². The molecular formula is C77H118. The van der Waals surface area contributed by atoms with Crippen molar-refractivity contribution in [3.05, 3.63) is 200 Å². The summed E-state index contributed by atoms with van der Waals surface area (Å²) >= 11 is 0. The van der Waals surface area contributed by atoms with Crippen LogP contribution in [0.15, 0.2) is 133 Å². The summed E-state index contributed by atoms with van der Waals surface area (Å²) in [5, 5.41) is 0. The van der Waals surface area contributed by atoms with Crippen LogP contribution in [0.4, 0.5) is 0 Å². The van der Waals surface area contributed by atoms with Crippen LogP contribution in [0.25, 0.3) is 11.1 Å². The van der Waals surface area contributed by atoms with E-state index in [1.807, 2.05) is 79.7 Å². The number of benzene rings is 6. The zero-order chi connectivity index (χ0) is 63.2. The number of rotatable bonds is 3. The normalized spacial score (nSPS) is 16.2. The summed E-state index contributed by atoms with van der Waals surface area (Å²) < 4.78 is 45.0. The summed E-state index contributed by atoms with van der Waals surface area (Å²) in [5.74, 6) is 0.925. The second-order valence-electron chi connectivity index (χ2n) is 24.8. The van der Waals surface area contributed by atoms with E-state index in [0.29, 0.717) is 22.8 Å². The molecule has 3 fully saturated rings. The Morgan fingerprint density at radius 3 is 1.00 bits per heavy atom. The van der Waals surface area contributed by atoms with E-state index in [1.165, 1.54) is 138 Å². The molecule has 0 amide bonds. The van der Waals surface area contributed by atoms with Crippen molar-refractivity contribution >= 4 is 0 Å². The Hall–Kier alpha value is -4.68. The molecule has 0 unspecified atom stereocenters. The van der Waals surface area contributed by atoms with Crippen molar-refractivity contribution in [2.75, 3.05) is 0 Å². The SMILES string of the molecule is CC(C)(C)C.Cc1cc(C)cc(C)c1.Cc1ccc(-c2ccccc2)cc1.Cc1cccc(C)c1C.Cc1ccccc1.[2H]C(C)(C)C1CCCC1.[2H]C(C)(C)C1CCCCC1.[2H]C([2H])([2H])c1cc(C)c(C)c(C)c1.[2H]C1(C)CCCCC1. The minimum atomic E-state index is -1.98. The van der Waals surface area contributed by atoms with Gasteiger partial charge in [-0.2, -0.15) is 0 Å². The van der Waals surface area contributed by atoms with Crippen LogP contribution in [0.1, 0.15) is 227 Å². The van der Waals surface area contributed by atoms with Crippen molar-refractivity contribution < 1.29 is 8.22 Å². The molecule has 0 nitrogen and oxygen atoms in total. The minimum absolute atomic E-state index is 0.0712. The summed E-state index contributed by atoms with van der Waals surface area (Å²) in [7, 11) is 0. The van der Waals surface area contributed by atoms with Crippen molar-refractivity contribution in [1.29, 1.82) is 0 Å². The molecule has 426 valence electrons. The number of hydrogen-bond acceptors (Lipinski definition) is 0. The molecule has 3 aliphatic carbocycles. The summed E-state index contributed by atoms with van der Waals surface area (Å²) in [4.78, 5) is 0. The third-order valence-electron chi connectivity index (χ3n) is 14.6. The van der Waals surface area contributed by atoms with Crippen LogP contribution in [0, 0.1) is 118 Å². The summed E-state index contributed by atoms with van der Waals surface area (Å²) in [6.07, 6.45) is 18.1. The van der Waals surface area contributed by atoms with E-state index in [1.54, 1.807) is 12.1 Å². The Morgan fingerprint density at radius 1 is 0.377 bits per heavy atom. The molecular weight excluding hydrogens is 925 g/mol. The third-order valence-corrected chi connectivity index (χ3v) is 14.6. The molecule has 6 aromatic carbocycles. The lowest BCUT2D eigenvalue weighted by Gasteiger charge is -2.24. The highest BCUT2D eigenvalue weighted by Crippen LogP contribution is 2.31. The molecule has 0 aliphatic heterocycles. The van der Waals surface area contributed by atoms with Gasteiger partial charge in [0.2, 0.25) is 0 Å². The Labute approximate surface area is 487 Å². The average molecular weight is 1050 g/mol. The smallest absolute Gasteiger partial charge is 0.0300 e. The predicted octanol–water partition coefficient (Wildman–Crippen LogP) is 24.5. The maximum atomic E-state index is 7.83. The highest BCUT2D eigenvalue weighted by atomic mass is 14.2. The molecule has 0 N–H and O–H groups in total. The molecule has 3 saturated carbocycles. The largest absolute Gasteiger partial charge is 0.0625 e. The van der Waals surface area contributed by atoms with E-state index in [9.17, 15) is 0 Å². The topological polar surface area (TPSA) is 0 Å². The lowest BCUT2D eigenvalue weighted by Crippen LogP contribution is -2.12. The van der Waals surface area contributed by atoms with Crippen LogP contribution < -0.4 is 0 Å². The van der Waals surface area contributed by atoms with E-state index in [2.05, 4.69) is 180 Å². The molecule has 0 bridgehead atoms. The van der Waals surface area contributed by atoms with Crippen molar-refractivity contribution in [1.82, 2.24) is 0 Å². The first-order valence-corrected chi connectivity index (χ1v) is 29.7. The Morgan fingerprint density at radius 2 is 0.701 bits per heavy atom. The van der Waals surface area contributed by atoms with Crippen LogP contribution in [0.2, 0.25) is 0 Å². The van der Waals surface area contributed by atoms with Crippen LogP contribution in [0.3, 0.4) is 0 Å². The summed E-state index contributed by atoms with van der Waals surface area (Å²) in [5.41, 5.74) is 17.6. The molecule has 0 spiro atoms. The van der Waals surface area contributed by atoms with Crippen LogP contribution >= 0.6 is 0 Å². The summed E-state index contributed by atoms with van der Waals surface area (Å²) in [6, 6.07) is 45.7. The van der Waals surface area contributed by atoms with Crippen LogP contribution in [-0.4, -0.2) is 0 Å². The predicted molar refractivity (Wildman–Crippen MR) is 350 cm³/mol. The fourth-order valence-electron chi connectivity index (χ4n) is 9.39. The number of aryl methyl sites for hydroxylation is 10. The van der Waals surface area contributed by atoms with Gasteiger partial charge in [0.25, 0.3) is 0 Å². The molecule has 0 atom stereocenters. The highest BCUT2D eigenvalue weighted by molar-refractivity contribution is 5.63. The maximum Gasteiger partial charge on any atom is 0.0300 e. The van der Waals surface area contributed by atoms with Crippen molar-refractivity contribution in [3.8, 4) is 11.1 Å². The molecule has 0 heteroatoms. The zero-order valence-corrected chi connectivity index (χ0v) is 53.3. The van der Waals surface area contributed by atoms with Gasteiger partial charge in [0.15, 0.2) is 0 Å². The van der Waals surface area contributed by atoms with E-state index in [0.717, 1.165) is 24.0 Å². The Bertz CT molecular complexity index is 2540. The molecule has 77 heavy (non-hydrogen) atoms. The highest BCUT2D eigenvalue weighted by Gasteiger charge is 2.17. The second-order valence-corrected chi connectivity index (χ2v) is 24.8. The van der Waals surface area contributed by atoms with E-state index in [4.69, 9.17) is 8.22 Å². The van der Waals surface area contributed by atoms with Gasteiger partial charge in [0.1, 0.15) is 0 Å². The van der Waals surface area contributed by atoms with Gasteiger partial charge in [-0.3, -0.25) is 0 Å².